The molecule has 0 spiro atoms. The second-order valence-corrected chi connectivity index (χ2v) is 4.91. The molecule has 82 valence electrons. The van der Waals surface area contributed by atoms with Crippen LogP contribution in [0.3, 0.4) is 0 Å². The lowest BCUT2D eigenvalue weighted by molar-refractivity contribution is 0.135. The van der Waals surface area contributed by atoms with E-state index in [4.69, 9.17) is 0 Å². The van der Waals surface area contributed by atoms with Crippen LogP contribution in [0.25, 0.3) is 0 Å². The Morgan fingerprint density at radius 3 is 2.86 bits per heavy atom. The van der Waals surface area contributed by atoms with Gasteiger partial charge in [-0.15, -0.1) is 0 Å². The van der Waals surface area contributed by atoms with E-state index in [1.807, 2.05) is 0 Å². The molecule has 2 heterocycles. The predicted octanol–water partition coefficient (Wildman–Crippen LogP) is 0.421. The van der Waals surface area contributed by atoms with Crippen molar-refractivity contribution in [2.45, 2.75) is 44.8 Å². The molecular formula is C11H23N3. The average Bonchev–Trinajstić information content (AvgIpc) is 2.64. The Morgan fingerprint density at radius 2 is 2.14 bits per heavy atom. The van der Waals surface area contributed by atoms with Gasteiger partial charge in [0, 0.05) is 37.8 Å². The van der Waals surface area contributed by atoms with E-state index in [1.54, 1.807) is 0 Å². The van der Waals surface area contributed by atoms with Gasteiger partial charge < -0.3 is 10.6 Å². The summed E-state index contributed by atoms with van der Waals surface area (Å²) in [7, 11) is 0. The van der Waals surface area contributed by atoms with E-state index in [9.17, 15) is 0 Å². The second-order valence-electron chi connectivity index (χ2n) is 4.91. The van der Waals surface area contributed by atoms with Gasteiger partial charge in [-0.05, 0) is 33.2 Å². The van der Waals surface area contributed by atoms with Crippen molar-refractivity contribution in [2.24, 2.45) is 0 Å². The molecule has 0 amide bonds. The average molecular weight is 197 g/mol. The van der Waals surface area contributed by atoms with E-state index in [1.165, 1.54) is 32.5 Å². The van der Waals surface area contributed by atoms with Gasteiger partial charge in [0.15, 0.2) is 0 Å². The zero-order chi connectivity index (χ0) is 9.97. The summed E-state index contributed by atoms with van der Waals surface area (Å²) >= 11 is 0. The van der Waals surface area contributed by atoms with E-state index >= 15 is 0 Å². The summed E-state index contributed by atoms with van der Waals surface area (Å²) in [6, 6.07) is 2.11. The van der Waals surface area contributed by atoms with Crippen LogP contribution < -0.4 is 10.6 Å². The Morgan fingerprint density at radius 1 is 1.29 bits per heavy atom. The molecule has 3 atom stereocenters. The first-order chi connectivity index (χ1) is 6.75. The molecule has 3 nitrogen and oxygen atoms in total. The highest BCUT2D eigenvalue weighted by molar-refractivity contribution is 4.86. The van der Waals surface area contributed by atoms with Crippen LogP contribution in [-0.4, -0.2) is 49.2 Å². The van der Waals surface area contributed by atoms with Crippen LogP contribution in [0.1, 0.15) is 26.7 Å². The first kappa shape index (κ1) is 10.4. The maximum Gasteiger partial charge on any atom is 0.0195 e. The van der Waals surface area contributed by atoms with Gasteiger partial charge in [0.25, 0.3) is 0 Å². The molecule has 2 unspecified atom stereocenters. The third-order valence-electron chi connectivity index (χ3n) is 3.51. The van der Waals surface area contributed by atoms with Gasteiger partial charge in [-0.25, -0.2) is 0 Å². The van der Waals surface area contributed by atoms with Gasteiger partial charge in [-0.2, -0.15) is 0 Å². The van der Waals surface area contributed by atoms with Crippen molar-refractivity contribution in [1.82, 2.24) is 15.5 Å². The molecule has 0 aromatic heterocycles. The van der Waals surface area contributed by atoms with Crippen LogP contribution in [0.4, 0.5) is 0 Å². The highest BCUT2D eigenvalue weighted by Gasteiger charge is 2.25. The topological polar surface area (TPSA) is 27.3 Å². The molecule has 2 N–H and O–H groups in total. The molecule has 0 aliphatic carbocycles. The van der Waals surface area contributed by atoms with Gasteiger partial charge in [0.1, 0.15) is 0 Å². The van der Waals surface area contributed by atoms with E-state index in [2.05, 4.69) is 29.4 Å². The number of rotatable bonds is 2. The van der Waals surface area contributed by atoms with Crippen molar-refractivity contribution in [3.63, 3.8) is 0 Å². The quantitative estimate of drug-likeness (QED) is 0.672. The number of nitrogens with zero attached hydrogens (tertiary/aromatic N) is 1. The van der Waals surface area contributed by atoms with Gasteiger partial charge in [0.2, 0.25) is 0 Å². The second kappa shape index (κ2) is 4.60. The minimum Gasteiger partial charge on any atom is -0.313 e. The highest BCUT2D eigenvalue weighted by Crippen LogP contribution is 2.12. The minimum atomic E-state index is 0.660. The lowest BCUT2D eigenvalue weighted by Crippen LogP contribution is -2.56. The molecule has 2 aliphatic rings. The molecule has 0 aromatic rings. The van der Waals surface area contributed by atoms with E-state index in [0.717, 1.165) is 12.6 Å². The summed E-state index contributed by atoms with van der Waals surface area (Å²) in [6.45, 7) is 9.43. The van der Waals surface area contributed by atoms with Crippen molar-refractivity contribution in [3.8, 4) is 0 Å². The third kappa shape index (κ3) is 2.47. The summed E-state index contributed by atoms with van der Waals surface area (Å²) in [5, 5.41) is 7.10. The zero-order valence-electron chi connectivity index (χ0n) is 9.42. The van der Waals surface area contributed by atoms with Crippen molar-refractivity contribution >= 4 is 0 Å². The lowest BCUT2D eigenvalue weighted by Gasteiger charge is -2.38. The molecule has 0 saturated carbocycles. The third-order valence-corrected chi connectivity index (χ3v) is 3.51. The Kier molecular flexibility index (Phi) is 3.42. The van der Waals surface area contributed by atoms with Crippen LogP contribution in [0, 0.1) is 0 Å². The van der Waals surface area contributed by atoms with E-state index < -0.39 is 0 Å². The lowest BCUT2D eigenvalue weighted by atomic mass is 10.1. The number of hydrogen-bond acceptors (Lipinski definition) is 3. The first-order valence-corrected chi connectivity index (χ1v) is 5.96. The standard InChI is InChI=1S/C11H23N3/c1-9-7-14(10(2)6-13-9)8-11-4-3-5-12-11/h9-13H,3-8H2,1-2H3/t9?,10?,11-/m0/s1. The number of hydrogen-bond donors (Lipinski definition) is 2. The first-order valence-electron chi connectivity index (χ1n) is 5.96. The van der Waals surface area contributed by atoms with Crippen LogP contribution in [0.2, 0.25) is 0 Å². The summed E-state index contributed by atoms with van der Waals surface area (Å²) in [4.78, 5) is 2.63. The molecule has 2 rings (SSSR count). The van der Waals surface area contributed by atoms with Crippen molar-refractivity contribution in [3.05, 3.63) is 0 Å². The fourth-order valence-electron chi connectivity index (χ4n) is 2.55. The van der Waals surface area contributed by atoms with Crippen molar-refractivity contribution in [2.75, 3.05) is 26.2 Å². The fourth-order valence-corrected chi connectivity index (χ4v) is 2.55. The van der Waals surface area contributed by atoms with Gasteiger partial charge in [-0.3, -0.25) is 4.90 Å². The van der Waals surface area contributed by atoms with E-state index in [0.29, 0.717) is 12.1 Å². The molecule has 14 heavy (non-hydrogen) atoms. The minimum absolute atomic E-state index is 0.660. The van der Waals surface area contributed by atoms with Crippen LogP contribution >= 0.6 is 0 Å². The summed E-state index contributed by atoms with van der Waals surface area (Å²) in [5.41, 5.74) is 0. The Labute approximate surface area is 87.2 Å². The van der Waals surface area contributed by atoms with Gasteiger partial charge in [0.05, 0.1) is 0 Å². The molecule has 2 saturated heterocycles. The smallest absolute Gasteiger partial charge is 0.0195 e. The van der Waals surface area contributed by atoms with E-state index in [-0.39, 0.29) is 0 Å². The molecule has 0 aromatic carbocycles. The largest absolute Gasteiger partial charge is 0.313 e. The molecular weight excluding hydrogens is 174 g/mol. The van der Waals surface area contributed by atoms with Gasteiger partial charge in [-0.1, -0.05) is 0 Å². The molecule has 2 fully saturated rings. The normalized spacial score (nSPS) is 40.3. The number of nitrogens with one attached hydrogen (secondary N) is 2. The highest BCUT2D eigenvalue weighted by atomic mass is 15.2. The Balaban J connectivity index is 1.82. The zero-order valence-corrected chi connectivity index (χ0v) is 9.42. The Hall–Kier alpha value is -0.120. The maximum absolute atomic E-state index is 3.58. The summed E-state index contributed by atoms with van der Waals surface area (Å²) < 4.78 is 0. The van der Waals surface area contributed by atoms with Crippen LogP contribution in [0.15, 0.2) is 0 Å². The summed E-state index contributed by atoms with van der Waals surface area (Å²) in [6.07, 6.45) is 2.73. The maximum atomic E-state index is 3.58. The van der Waals surface area contributed by atoms with Gasteiger partial charge >= 0.3 is 0 Å². The van der Waals surface area contributed by atoms with Crippen molar-refractivity contribution < 1.29 is 0 Å². The van der Waals surface area contributed by atoms with Crippen molar-refractivity contribution in [1.29, 1.82) is 0 Å². The summed E-state index contributed by atoms with van der Waals surface area (Å²) in [5.74, 6) is 0. The fraction of sp³-hybridized carbons (Fsp3) is 1.00. The SMILES string of the molecule is CC1CN(C[C@@H]2CCCN2)C(C)CN1. The molecule has 2 aliphatic heterocycles. The predicted molar refractivity (Wildman–Crippen MR) is 59.5 cm³/mol. The molecule has 3 heteroatoms. The molecule has 0 bridgehead atoms. The Bertz CT molecular complexity index is 177. The molecule has 0 radical (unpaired) electrons. The number of piperazine rings is 1. The van der Waals surface area contributed by atoms with Crippen LogP contribution in [0.5, 0.6) is 0 Å². The monoisotopic (exact) mass is 197 g/mol. The van der Waals surface area contributed by atoms with Crippen LogP contribution in [-0.2, 0) is 0 Å².